The fourth-order valence-electron chi connectivity index (χ4n) is 2.81. The van der Waals surface area contributed by atoms with Crippen LogP contribution >= 0.6 is 0 Å². The van der Waals surface area contributed by atoms with Crippen molar-refractivity contribution in [3.8, 4) is 0 Å². The minimum atomic E-state index is 0.0437. The Hall–Kier alpha value is -0.0375. The molecule has 4 heteroatoms. The number of carbonyl (C=O) groups excluding carboxylic acids is 1. The van der Waals surface area contributed by atoms with Gasteiger partial charge in [-0.15, -0.1) is 0 Å². The summed E-state index contributed by atoms with van der Waals surface area (Å²) in [6, 6.07) is 0.119. The first-order valence-electron chi connectivity index (χ1n) is 10.1. The molecular formula is C20H41CrNO2. The second-order valence-electron chi connectivity index (χ2n) is 6.77. The number of hydrogen-bond acceptors (Lipinski definition) is 2. The van der Waals surface area contributed by atoms with E-state index in [0.29, 0.717) is 0 Å². The molecule has 2 atom stereocenters. The van der Waals surface area contributed by atoms with Crippen molar-refractivity contribution < 1.29 is 24.8 Å². The Morgan fingerprint density at radius 2 is 1.58 bits per heavy atom. The number of amides is 1. The van der Waals surface area contributed by atoms with Crippen molar-refractivity contribution in [1.82, 2.24) is 5.32 Å². The monoisotopic (exact) mass is 379 g/mol. The van der Waals surface area contributed by atoms with Gasteiger partial charge in [0.25, 0.3) is 0 Å². The van der Waals surface area contributed by atoms with E-state index >= 15 is 0 Å². The SMILES string of the molecule is CCCCCCCCCCOC(C[CH2][Cr][CH2]CC)C(C)NC(C)=O. The fourth-order valence-corrected chi connectivity index (χ4v) is 4.20. The summed E-state index contributed by atoms with van der Waals surface area (Å²) in [4.78, 5) is 11.3. The van der Waals surface area contributed by atoms with Crippen LogP contribution in [-0.2, 0) is 24.8 Å². The van der Waals surface area contributed by atoms with E-state index in [0.717, 1.165) is 34.7 Å². The second-order valence-corrected chi connectivity index (χ2v) is 8.69. The Bertz CT molecular complexity index is 287. The van der Waals surface area contributed by atoms with Crippen molar-refractivity contribution in [1.29, 1.82) is 0 Å². The van der Waals surface area contributed by atoms with E-state index in [9.17, 15) is 4.79 Å². The molecule has 2 unspecified atom stereocenters. The van der Waals surface area contributed by atoms with Gasteiger partial charge in [-0.2, -0.15) is 0 Å². The van der Waals surface area contributed by atoms with Crippen LogP contribution in [0.15, 0.2) is 0 Å². The summed E-state index contributed by atoms with van der Waals surface area (Å²) in [6.07, 6.45) is 13.1. The number of carbonyl (C=O) groups is 1. The molecule has 1 amide bonds. The van der Waals surface area contributed by atoms with Crippen LogP contribution in [0.1, 0.15) is 91.9 Å². The van der Waals surface area contributed by atoms with Crippen LogP contribution in [0.25, 0.3) is 0 Å². The van der Waals surface area contributed by atoms with E-state index in [1.807, 2.05) is 0 Å². The minimum absolute atomic E-state index is 0.0437. The summed E-state index contributed by atoms with van der Waals surface area (Å²) in [5.41, 5.74) is 0. The molecule has 0 saturated carbocycles. The molecule has 0 spiro atoms. The molecule has 0 rings (SSSR count). The first kappa shape index (κ1) is 24.0. The van der Waals surface area contributed by atoms with Crippen LogP contribution in [0.2, 0.25) is 10.6 Å². The number of hydrogen-bond donors (Lipinski definition) is 1. The molecule has 0 saturated heterocycles. The maximum absolute atomic E-state index is 11.3. The summed E-state index contributed by atoms with van der Waals surface area (Å²) in [6.45, 7) is 9.01. The quantitative estimate of drug-likeness (QED) is 0.326. The Morgan fingerprint density at radius 1 is 0.958 bits per heavy atom. The fraction of sp³-hybridized carbons (Fsp3) is 0.950. The van der Waals surface area contributed by atoms with Gasteiger partial charge in [0, 0.05) is 0 Å². The van der Waals surface area contributed by atoms with Crippen molar-refractivity contribution in [3.63, 3.8) is 0 Å². The molecule has 1 N–H and O–H groups in total. The van der Waals surface area contributed by atoms with E-state index in [4.69, 9.17) is 4.74 Å². The van der Waals surface area contributed by atoms with Gasteiger partial charge in [0.05, 0.1) is 0 Å². The van der Waals surface area contributed by atoms with Crippen molar-refractivity contribution >= 4 is 5.91 Å². The summed E-state index contributed by atoms with van der Waals surface area (Å²) >= 11 is 0.727. The Balaban J connectivity index is 3.84. The van der Waals surface area contributed by atoms with Crippen LogP contribution in [0.3, 0.4) is 0 Å². The zero-order chi connectivity index (χ0) is 18.0. The molecule has 0 aliphatic carbocycles. The molecule has 3 nitrogen and oxygen atoms in total. The summed E-state index contributed by atoms with van der Waals surface area (Å²) in [5.74, 6) is 0.0437. The molecule has 0 radical (unpaired) electrons. The Labute approximate surface area is 157 Å². The van der Waals surface area contributed by atoms with Crippen molar-refractivity contribution in [2.45, 2.75) is 115 Å². The average Bonchev–Trinajstić information content (AvgIpc) is 2.54. The first-order valence-corrected chi connectivity index (χ1v) is 11.9. The van der Waals surface area contributed by atoms with Crippen molar-refractivity contribution in [3.05, 3.63) is 0 Å². The van der Waals surface area contributed by atoms with Gasteiger partial charge in [0.2, 0.25) is 0 Å². The van der Waals surface area contributed by atoms with Crippen LogP contribution in [0.4, 0.5) is 0 Å². The molecule has 24 heavy (non-hydrogen) atoms. The van der Waals surface area contributed by atoms with E-state index < -0.39 is 0 Å². The molecule has 0 aliphatic heterocycles. The van der Waals surface area contributed by atoms with Crippen molar-refractivity contribution in [2.24, 2.45) is 0 Å². The number of nitrogens with one attached hydrogen (secondary N) is 1. The van der Waals surface area contributed by atoms with Crippen LogP contribution in [-0.4, -0.2) is 24.7 Å². The third-order valence-electron chi connectivity index (χ3n) is 4.21. The molecule has 0 bridgehead atoms. The standard InChI is InChI=1S/C17H34NO2.C3H7.Cr/c1-5-7-8-9-10-11-12-13-14-20-17(6-2)15(3)18-16(4)19;1-3-2;/h15,17H,2,5-14H2,1,3-4H3,(H,18,19);1,3H2,2H3;. The van der Waals surface area contributed by atoms with E-state index in [-0.39, 0.29) is 18.1 Å². The zero-order valence-electron chi connectivity index (χ0n) is 16.6. The van der Waals surface area contributed by atoms with Crippen LogP contribution < -0.4 is 5.32 Å². The van der Waals surface area contributed by atoms with E-state index in [1.165, 1.54) is 61.9 Å². The molecular weight excluding hydrogens is 338 g/mol. The third kappa shape index (κ3) is 15.5. The topological polar surface area (TPSA) is 38.3 Å². The van der Waals surface area contributed by atoms with Gasteiger partial charge in [0.15, 0.2) is 0 Å². The number of rotatable bonds is 17. The average molecular weight is 380 g/mol. The van der Waals surface area contributed by atoms with Crippen LogP contribution in [0, 0.1) is 0 Å². The predicted molar refractivity (Wildman–Crippen MR) is 100 cm³/mol. The van der Waals surface area contributed by atoms with Gasteiger partial charge >= 0.3 is 144 Å². The molecule has 0 aromatic rings. The predicted octanol–water partition coefficient (Wildman–Crippen LogP) is 5.76. The van der Waals surface area contributed by atoms with Gasteiger partial charge in [0.1, 0.15) is 0 Å². The summed E-state index contributed by atoms with van der Waals surface area (Å²) < 4.78 is 6.13. The van der Waals surface area contributed by atoms with Crippen molar-refractivity contribution in [2.75, 3.05) is 6.61 Å². The third-order valence-corrected chi connectivity index (χ3v) is 6.12. The van der Waals surface area contributed by atoms with Gasteiger partial charge < -0.3 is 0 Å². The van der Waals surface area contributed by atoms with E-state index in [2.05, 4.69) is 26.1 Å². The molecule has 0 fully saturated rings. The van der Waals surface area contributed by atoms with E-state index in [1.54, 1.807) is 6.92 Å². The van der Waals surface area contributed by atoms with Crippen LogP contribution in [0.5, 0.6) is 0 Å². The Morgan fingerprint density at radius 3 is 2.17 bits per heavy atom. The second kappa shape index (κ2) is 17.8. The van der Waals surface area contributed by atoms with Gasteiger partial charge in [-0.05, 0) is 0 Å². The molecule has 0 aromatic carbocycles. The molecule has 0 aromatic heterocycles. The summed E-state index contributed by atoms with van der Waals surface area (Å²) in [5, 5.41) is 5.62. The molecule has 144 valence electrons. The first-order chi connectivity index (χ1) is 11.6. The molecule has 0 aliphatic rings. The zero-order valence-corrected chi connectivity index (χ0v) is 17.8. The van der Waals surface area contributed by atoms with Gasteiger partial charge in [-0.1, -0.05) is 13.3 Å². The maximum atomic E-state index is 11.3. The van der Waals surface area contributed by atoms with Gasteiger partial charge in [-0.25, -0.2) is 0 Å². The number of ether oxygens (including phenoxy) is 1. The summed E-state index contributed by atoms with van der Waals surface area (Å²) in [7, 11) is 0. The number of unbranched alkanes of at least 4 members (excludes halogenated alkanes) is 7. The van der Waals surface area contributed by atoms with Gasteiger partial charge in [-0.3, -0.25) is 0 Å². The normalized spacial score (nSPS) is 13.7. The Kier molecular flexibility index (Phi) is 17.7. The molecule has 0 heterocycles.